The molecule has 0 saturated carbocycles. The predicted molar refractivity (Wildman–Crippen MR) is 84.2 cm³/mol. The molecule has 0 unspecified atom stereocenters. The average molecular weight is 326 g/mol. The Bertz CT molecular complexity index is 846. The van der Waals surface area contributed by atoms with E-state index in [2.05, 4.69) is 15.4 Å². The topological polar surface area (TPSA) is 69.9 Å². The first-order chi connectivity index (χ1) is 11.6. The summed E-state index contributed by atoms with van der Waals surface area (Å²) < 4.78 is 18.5. The molecule has 6 nitrogen and oxygen atoms in total. The fourth-order valence-corrected chi connectivity index (χ4v) is 2.06. The van der Waals surface area contributed by atoms with E-state index in [1.807, 2.05) is 31.2 Å². The lowest BCUT2D eigenvalue weighted by molar-refractivity contribution is -0.146. The molecule has 0 aliphatic heterocycles. The molecule has 0 saturated heterocycles. The molecule has 0 amide bonds. The van der Waals surface area contributed by atoms with E-state index >= 15 is 0 Å². The quantitative estimate of drug-likeness (QED) is 0.674. The second-order valence-electron chi connectivity index (χ2n) is 5.26. The zero-order valence-corrected chi connectivity index (χ0v) is 13.0. The van der Waals surface area contributed by atoms with Gasteiger partial charge in [0.25, 0.3) is 0 Å². The maximum atomic E-state index is 13.5. The van der Waals surface area contributed by atoms with Crippen LogP contribution in [0.1, 0.15) is 11.1 Å². The number of benzene rings is 2. The zero-order valence-electron chi connectivity index (χ0n) is 13.0. The van der Waals surface area contributed by atoms with Crippen molar-refractivity contribution >= 4 is 5.97 Å². The Morgan fingerprint density at radius 2 is 1.92 bits per heavy atom. The van der Waals surface area contributed by atoms with Crippen LogP contribution >= 0.6 is 0 Å². The van der Waals surface area contributed by atoms with Gasteiger partial charge in [-0.1, -0.05) is 48.0 Å². The summed E-state index contributed by atoms with van der Waals surface area (Å²) in [6.45, 7) is 1.66. The first kappa shape index (κ1) is 15.8. The monoisotopic (exact) mass is 326 g/mol. The van der Waals surface area contributed by atoms with Gasteiger partial charge in [0.15, 0.2) is 6.54 Å². The van der Waals surface area contributed by atoms with Gasteiger partial charge in [0.2, 0.25) is 5.82 Å². The largest absolute Gasteiger partial charge is 0.459 e. The van der Waals surface area contributed by atoms with Gasteiger partial charge in [-0.2, -0.15) is 4.80 Å². The van der Waals surface area contributed by atoms with Crippen molar-refractivity contribution in [3.63, 3.8) is 0 Å². The number of nitrogens with zero attached hydrogens (tertiary/aromatic N) is 4. The van der Waals surface area contributed by atoms with E-state index in [0.717, 1.165) is 15.9 Å². The molecule has 1 aromatic heterocycles. The molecule has 0 atom stereocenters. The number of rotatable bonds is 5. The lowest BCUT2D eigenvalue weighted by atomic mass is 10.1. The third-order valence-electron chi connectivity index (χ3n) is 3.38. The molecule has 24 heavy (non-hydrogen) atoms. The van der Waals surface area contributed by atoms with Crippen molar-refractivity contribution in [3.8, 4) is 11.4 Å². The highest BCUT2D eigenvalue weighted by Crippen LogP contribution is 2.14. The number of carbonyl (C=O) groups excluding carboxylic acids is 1. The third kappa shape index (κ3) is 3.81. The normalized spacial score (nSPS) is 10.6. The van der Waals surface area contributed by atoms with Crippen LogP contribution in [0.3, 0.4) is 0 Å². The number of carbonyl (C=O) groups is 1. The number of esters is 1. The van der Waals surface area contributed by atoms with E-state index < -0.39 is 11.8 Å². The predicted octanol–water partition coefficient (Wildman–Crippen LogP) is 2.53. The highest BCUT2D eigenvalue weighted by atomic mass is 19.1. The van der Waals surface area contributed by atoms with Gasteiger partial charge in [0.05, 0.1) is 0 Å². The molecule has 0 fully saturated rings. The molecule has 0 N–H and O–H groups in total. The van der Waals surface area contributed by atoms with E-state index in [0.29, 0.717) is 11.4 Å². The number of aromatic nitrogens is 4. The van der Waals surface area contributed by atoms with E-state index in [1.165, 1.54) is 6.07 Å². The van der Waals surface area contributed by atoms with Gasteiger partial charge in [0.1, 0.15) is 12.4 Å². The van der Waals surface area contributed by atoms with Crippen molar-refractivity contribution in [1.29, 1.82) is 0 Å². The molecule has 3 aromatic rings. The Morgan fingerprint density at radius 1 is 1.17 bits per heavy atom. The summed E-state index contributed by atoms with van der Waals surface area (Å²) in [5.41, 5.74) is 2.26. The molecule has 3 rings (SSSR count). The Balaban J connectivity index is 1.59. The molecular weight excluding hydrogens is 311 g/mol. The second-order valence-corrected chi connectivity index (χ2v) is 5.26. The van der Waals surface area contributed by atoms with Crippen LogP contribution in [0.5, 0.6) is 0 Å². The average Bonchev–Trinajstić information content (AvgIpc) is 3.03. The summed E-state index contributed by atoms with van der Waals surface area (Å²) >= 11 is 0. The Hall–Kier alpha value is -3.09. The van der Waals surface area contributed by atoms with Crippen molar-refractivity contribution in [2.75, 3.05) is 0 Å². The summed E-state index contributed by atoms with van der Waals surface area (Å²) in [5, 5.41) is 11.9. The third-order valence-corrected chi connectivity index (χ3v) is 3.38. The van der Waals surface area contributed by atoms with Gasteiger partial charge < -0.3 is 4.74 Å². The molecule has 1 heterocycles. The van der Waals surface area contributed by atoms with Crippen LogP contribution in [-0.4, -0.2) is 26.2 Å². The van der Waals surface area contributed by atoms with Crippen LogP contribution in [0.4, 0.5) is 4.39 Å². The minimum atomic E-state index is -0.564. The Morgan fingerprint density at radius 3 is 2.67 bits per heavy atom. The number of ether oxygens (including phenoxy) is 1. The highest BCUT2D eigenvalue weighted by Gasteiger charge is 2.11. The summed E-state index contributed by atoms with van der Waals surface area (Å²) in [7, 11) is 0. The van der Waals surface area contributed by atoms with Crippen LogP contribution in [0.2, 0.25) is 0 Å². The standard InChI is InChI=1S/C17H15FN4O2/c1-12-6-8-13(9-7-12)17-19-21-22(20-17)10-16(23)24-11-14-4-2-3-5-15(14)18/h2-9H,10-11H2,1H3. The molecule has 0 radical (unpaired) electrons. The van der Waals surface area contributed by atoms with Gasteiger partial charge in [-0.3, -0.25) is 0 Å². The molecule has 2 aromatic carbocycles. The maximum absolute atomic E-state index is 13.5. The van der Waals surface area contributed by atoms with E-state index in [1.54, 1.807) is 18.2 Å². The van der Waals surface area contributed by atoms with Crippen molar-refractivity contribution in [2.24, 2.45) is 0 Å². The number of aryl methyl sites for hydroxylation is 1. The molecular formula is C17H15FN4O2. The van der Waals surface area contributed by atoms with Gasteiger partial charge in [-0.05, 0) is 18.2 Å². The lowest BCUT2D eigenvalue weighted by Crippen LogP contribution is -2.16. The minimum absolute atomic E-state index is 0.134. The van der Waals surface area contributed by atoms with E-state index in [9.17, 15) is 9.18 Å². The maximum Gasteiger partial charge on any atom is 0.330 e. The Labute approximate surface area is 137 Å². The number of halogens is 1. The summed E-state index contributed by atoms with van der Waals surface area (Å²) in [6.07, 6.45) is 0. The van der Waals surface area contributed by atoms with Crippen molar-refractivity contribution in [3.05, 3.63) is 65.5 Å². The van der Waals surface area contributed by atoms with Crippen molar-refractivity contribution < 1.29 is 13.9 Å². The zero-order chi connectivity index (χ0) is 16.9. The smallest absolute Gasteiger partial charge is 0.330 e. The van der Waals surface area contributed by atoms with Gasteiger partial charge in [-0.25, -0.2) is 9.18 Å². The van der Waals surface area contributed by atoms with Crippen LogP contribution in [-0.2, 0) is 22.7 Å². The fraction of sp³-hybridized carbons (Fsp3) is 0.176. The number of hydrogen-bond acceptors (Lipinski definition) is 5. The van der Waals surface area contributed by atoms with Crippen LogP contribution in [0.25, 0.3) is 11.4 Å². The molecule has 0 aliphatic carbocycles. The summed E-state index contributed by atoms with van der Waals surface area (Å²) in [6, 6.07) is 13.8. The highest BCUT2D eigenvalue weighted by molar-refractivity contribution is 5.69. The van der Waals surface area contributed by atoms with Crippen LogP contribution in [0.15, 0.2) is 48.5 Å². The van der Waals surface area contributed by atoms with Crippen LogP contribution < -0.4 is 0 Å². The first-order valence-electron chi connectivity index (χ1n) is 7.36. The first-order valence-corrected chi connectivity index (χ1v) is 7.36. The molecule has 7 heteroatoms. The fourth-order valence-electron chi connectivity index (χ4n) is 2.06. The van der Waals surface area contributed by atoms with Crippen molar-refractivity contribution in [2.45, 2.75) is 20.1 Å². The minimum Gasteiger partial charge on any atom is -0.459 e. The van der Waals surface area contributed by atoms with Gasteiger partial charge >= 0.3 is 5.97 Å². The summed E-state index contributed by atoms with van der Waals surface area (Å²) in [5.74, 6) is -0.547. The van der Waals surface area contributed by atoms with E-state index in [-0.39, 0.29) is 13.2 Å². The lowest BCUT2D eigenvalue weighted by Gasteiger charge is -2.05. The van der Waals surface area contributed by atoms with Gasteiger partial charge in [0, 0.05) is 11.1 Å². The van der Waals surface area contributed by atoms with Crippen LogP contribution in [0, 0.1) is 12.7 Å². The van der Waals surface area contributed by atoms with Gasteiger partial charge in [-0.15, -0.1) is 10.2 Å². The summed E-state index contributed by atoms with van der Waals surface area (Å²) in [4.78, 5) is 13.0. The molecule has 0 bridgehead atoms. The SMILES string of the molecule is Cc1ccc(-c2nnn(CC(=O)OCc3ccccc3F)n2)cc1. The second kappa shape index (κ2) is 6.99. The number of tetrazole rings is 1. The Kier molecular flexibility index (Phi) is 4.60. The molecule has 0 spiro atoms. The van der Waals surface area contributed by atoms with Crippen molar-refractivity contribution in [1.82, 2.24) is 20.2 Å². The molecule has 122 valence electrons. The molecule has 0 aliphatic rings. The van der Waals surface area contributed by atoms with E-state index in [4.69, 9.17) is 4.74 Å². The number of hydrogen-bond donors (Lipinski definition) is 0.